The number of anilines is 1. The third-order valence-corrected chi connectivity index (χ3v) is 5.21. The Kier molecular flexibility index (Phi) is 3.36. The molecule has 3 rings (SSSR count). The third-order valence-electron chi connectivity index (χ3n) is 2.45. The van der Waals surface area contributed by atoms with E-state index < -0.39 is 0 Å². The molecule has 2 nitrogen and oxygen atoms in total. The van der Waals surface area contributed by atoms with Gasteiger partial charge in [-0.15, -0.1) is 22.7 Å². The fourth-order valence-corrected chi connectivity index (χ4v) is 4.18. The van der Waals surface area contributed by atoms with Gasteiger partial charge in [-0.2, -0.15) is 0 Å². The smallest absolute Gasteiger partial charge is 0.265 e. The van der Waals surface area contributed by atoms with Crippen molar-refractivity contribution in [3.63, 3.8) is 0 Å². The average Bonchev–Trinajstić information content (AvgIpc) is 2.88. The summed E-state index contributed by atoms with van der Waals surface area (Å²) in [6.07, 6.45) is 0. The summed E-state index contributed by atoms with van der Waals surface area (Å²) in [7, 11) is 0. The fourth-order valence-electron chi connectivity index (χ4n) is 1.64. The molecule has 2 heterocycles. The molecule has 0 saturated heterocycles. The molecule has 18 heavy (non-hydrogen) atoms. The summed E-state index contributed by atoms with van der Waals surface area (Å²) in [5, 5.41) is 4.97. The van der Waals surface area contributed by atoms with E-state index in [1.165, 1.54) is 20.7 Å². The molecule has 0 fully saturated rings. The zero-order chi connectivity index (χ0) is 12.5. The summed E-state index contributed by atoms with van der Waals surface area (Å²) in [6.45, 7) is 0. The maximum atomic E-state index is 12.1. The van der Waals surface area contributed by atoms with Crippen LogP contribution in [0.25, 0.3) is 9.40 Å². The Morgan fingerprint density at radius 3 is 2.83 bits per heavy atom. The maximum Gasteiger partial charge on any atom is 0.265 e. The van der Waals surface area contributed by atoms with Crippen molar-refractivity contribution in [1.82, 2.24) is 0 Å². The molecule has 1 N–H and O–H groups in total. The van der Waals surface area contributed by atoms with Crippen LogP contribution in [0.3, 0.4) is 0 Å². The molecule has 0 unspecified atom stereocenters. The van der Waals surface area contributed by atoms with Crippen LogP contribution in [-0.2, 0) is 0 Å². The van der Waals surface area contributed by atoms with Crippen LogP contribution in [0, 0.1) is 3.57 Å². The van der Waals surface area contributed by atoms with Crippen LogP contribution in [0.4, 0.5) is 5.69 Å². The number of fused-ring (bicyclic) bond motifs is 1. The largest absolute Gasteiger partial charge is 0.321 e. The van der Waals surface area contributed by atoms with Crippen LogP contribution in [0.15, 0.2) is 41.8 Å². The van der Waals surface area contributed by atoms with Crippen molar-refractivity contribution in [2.24, 2.45) is 0 Å². The molecular formula is C13H8INOS2. The quantitative estimate of drug-likeness (QED) is 0.630. The number of hydrogen-bond acceptors (Lipinski definition) is 3. The number of hydrogen-bond donors (Lipinski definition) is 1. The molecule has 0 saturated carbocycles. The van der Waals surface area contributed by atoms with Gasteiger partial charge in [-0.05, 0) is 58.3 Å². The van der Waals surface area contributed by atoms with E-state index in [2.05, 4.69) is 27.9 Å². The number of halogens is 1. The summed E-state index contributed by atoms with van der Waals surface area (Å²) in [5.41, 5.74) is 0.837. The third kappa shape index (κ3) is 2.43. The van der Waals surface area contributed by atoms with Crippen LogP contribution < -0.4 is 5.32 Å². The van der Waals surface area contributed by atoms with Gasteiger partial charge in [-0.1, -0.05) is 6.07 Å². The molecule has 0 bridgehead atoms. The van der Waals surface area contributed by atoms with Gasteiger partial charge in [0.15, 0.2) is 0 Å². The van der Waals surface area contributed by atoms with Crippen LogP contribution in [0.5, 0.6) is 0 Å². The van der Waals surface area contributed by atoms with Crippen molar-refractivity contribution >= 4 is 66.3 Å². The Bertz CT molecular complexity index is 688. The molecular weight excluding hydrogens is 377 g/mol. The van der Waals surface area contributed by atoms with Crippen LogP contribution in [-0.4, -0.2) is 5.91 Å². The molecule has 5 heteroatoms. The summed E-state index contributed by atoms with van der Waals surface area (Å²) < 4.78 is 3.46. The second-order valence-electron chi connectivity index (χ2n) is 3.72. The number of rotatable bonds is 2. The van der Waals surface area contributed by atoms with E-state index in [-0.39, 0.29) is 5.91 Å². The van der Waals surface area contributed by atoms with E-state index in [1.54, 1.807) is 11.3 Å². The van der Waals surface area contributed by atoms with Gasteiger partial charge in [-0.3, -0.25) is 4.79 Å². The lowest BCUT2D eigenvalue weighted by atomic mass is 10.3. The van der Waals surface area contributed by atoms with E-state index in [9.17, 15) is 4.79 Å². The second kappa shape index (κ2) is 4.99. The van der Waals surface area contributed by atoms with E-state index in [0.717, 1.165) is 14.1 Å². The Balaban J connectivity index is 1.85. The normalized spacial score (nSPS) is 10.7. The summed E-state index contributed by atoms with van der Waals surface area (Å²) in [5.74, 6) is -0.0367. The van der Waals surface area contributed by atoms with Crippen molar-refractivity contribution in [2.75, 3.05) is 5.32 Å². The summed E-state index contributed by atoms with van der Waals surface area (Å²) in [6, 6.07) is 11.8. The molecule has 0 aliphatic rings. The highest BCUT2D eigenvalue weighted by atomic mass is 127. The number of amides is 1. The summed E-state index contributed by atoms with van der Waals surface area (Å²) >= 11 is 5.43. The minimum Gasteiger partial charge on any atom is -0.321 e. The molecule has 90 valence electrons. The molecule has 0 atom stereocenters. The molecule has 3 aromatic rings. The van der Waals surface area contributed by atoms with Crippen LogP contribution in [0.1, 0.15) is 9.67 Å². The minimum absolute atomic E-state index is 0.0367. The first-order chi connectivity index (χ1) is 8.72. The molecule has 0 aliphatic heterocycles. The van der Waals surface area contributed by atoms with Crippen molar-refractivity contribution in [3.05, 3.63) is 50.2 Å². The van der Waals surface area contributed by atoms with Gasteiger partial charge in [0.25, 0.3) is 5.91 Å². The molecule has 2 aromatic heterocycles. The van der Waals surface area contributed by atoms with Gasteiger partial charge in [0.1, 0.15) is 0 Å². The molecule has 1 aromatic carbocycles. The van der Waals surface area contributed by atoms with Gasteiger partial charge in [0.05, 0.1) is 4.88 Å². The van der Waals surface area contributed by atoms with Crippen molar-refractivity contribution in [3.8, 4) is 0 Å². The number of benzene rings is 1. The molecule has 0 radical (unpaired) electrons. The van der Waals surface area contributed by atoms with E-state index in [0.29, 0.717) is 0 Å². The average molecular weight is 385 g/mol. The number of nitrogens with one attached hydrogen (secondary N) is 1. The Hall–Kier alpha value is -0.920. The van der Waals surface area contributed by atoms with Crippen molar-refractivity contribution < 1.29 is 4.79 Å². The standard InChI is InChI=1S/C13H8INOS2/c14-8-2-1-3-9(6-8)15-13(16)12-7-11-10(18-12)4-5-17-11/h1-7H,(H,15,16). The first-order valence-corrected chi connectivity index (χ1v) is 8.04. The monoisotopic (exact) mass is 385 g/mol. The second-order valence-corrected chi connectivity index (χ2v) is 7.00. The predicted octanol–water partition coefficient (Wildman–Crippen LogP) is 4.82. The lowest BCUT2D eigenvalue weighted by Crippen LogP contribution is -2.09. The highest BCUT2D eigenvalue weighted by molar-refractivity contribution is 14.1. The maximum absolute atomic E-state index is 12.1. The Labute approximate surface area is 126 Å². The van der Waals surface area contributed by atoms with Crippen LogP contribution in [0.2, 0.25) is 0 Å². The lowest BCUT2D eigenvalue weighted by Gasteiger charge is -2.03. The van der Waals surface area contributed by atoms with Crippen molar-refractivity contribution in [2.45, 2.75) is 0 Å². The molecule has 0 aliphatic carbocycles. The van der Waals surface area contributed by atoms with Gasteiger partial charge in [-0.25, -0.2) is 0 Å². The van der Waals surface area contributed by atoms with Gasteiger partial charge < -0.3 is 5.32 Å². The van der Waals surface area contributed by atoms with Crippen LogP contribution >= 0.6 is 45.3 Å². The first kappa shape index (κ1) is 12.1. The number of carbonyl (C=O) groups excluding carboxylic acids is 1. The lowest BCUT2D eigenvalue weighted by molar-refractivity contribution is 0.103. The zero-order valence-corrected chi connectivity index (χ0v) is 12.9. The van der Waals surface area contributed by atoms with Gasteiger partial charge in [0.2, 0.25) is 0 Å². The van der Waals surface area contributed by atoms with Crippen molar-refractivity contribution in [1.29, 1.82) is 0 Å². The first-order valence-electron chi connectivity index (χ1n) is 5.26. The topological polar surface area (TPSA) is 29.1 Å². The fraction of sp³-hybridized carbons (Fsp3) is 0. The number of thiophene rings is 2. The molecule has 0 spiro atoms. The highest BCUT2D eigenvalue weighted by Gasteiger charge is 2.11. The molecule has 1 amide bonds. The highest BCUT2D eigenvalue weighted by Crippen LogP contribution is 2.30. The van der Waals surface area contributed by atoms with Gasteiger partial charge in [0, 0.05) is 18.7 Å². The predicted molar refractivity (Wildman–Crippen MR) is 86.8 cm³/mol. The zero-order valence-electron chi connectivity index (χ0n) is 9.14. The Morgan fingerprint density at radius 1 is 1.17 bits per heavy atom. The Morgan fingerprint density at radius 2 is 2.06 bits per heavy atom. The minimum atomic E-state index is -0.0367. The van der Waals surface area contributed by atoms with E-state index >= 15 is 0 Å². The SMILES string of the molecule is O=C(Nc1cccc(I)c1)c1cc2sccc2s1. The summed E-state index contributed by atoms with van der Waals surface area (Å²) in [4.78, 5) is 12.9. The van der Waals surface area contributed by atoms with E-state index in [1.807, 2.05) is 41.8 Å². The van der Waals surface area contributed by atoms with E-state index in [4.69, 9.17) is 0 Å². The van der Waals surface area contributed by atoms with Gasteiger partial charge >= 0.3 is 0 Å². The number of carbonyl (C=O) groups is 1.